The maximum absolute atomic E-state index is 13.4. The molecule has 6 nitrogen and oxygen atoms in total. The lowest BCUT2D eigenvalue weighted by Crippen LogP contribution is -2.39. The van der Waals surface area contributed by atoms with Crippen molar-refractivity contribution in [3.8, 4) is 5.75 Å². The number of nitrogens with one attached hydrogen (secondary N) is 1. The number of methoxy groups -OCH3 is 1. The van der Waals surface area contributed by atoms with Crippen LogP contribution in [0.5, 0.6) is 5.75 Å². The van der Waals surface area contributed by atoms with Crippen molar-refractivity contribution in [2.24, 2.45) is 0 Å². The molecule has 0 saturated carbocycles. The molecule has 1 saturated heterocycles. The van der Waals surface area contributed by atoms with E-state index in [1.54, 1.807) is 53.3 Å². The van der Waals surface area contributed by atoms with Gasteiger partial charge >= 0.3 is 0 Å². The van der Waals surface area contributed by atoms with Gasteiger partial charge in [0.2, 0.25) is 5.91 Å². The summed E-state index contributed by atoms with van der Waals surface area (Å²) in [4.78, 5) is 29.6. The molecule has 0 aliphatic carbocycles. The SMILES string of the molecule is COc1ccc(NC(=O)C[C@@H]2C(=O)N(Cc3ccccc3)C(=S)N2CCc2ccc(F)cc2)cc1. The molecule has 1 aliphatic rings. The second-order valence-corrected chi connectivity index (χ2v) is 8.62. The van der Waals surface area contributed by atoms with Gasteiger partial charge in [-0.1, -0.05) is 42.5 Å². The molecule has 3 aromatic rings. The Morgan fingerprint density at radius 2 is 1.69 bits per heavy atom. The van der Waals surface area contributed by atoms with Gasteiger partial charge in [0.15, 0.2) is 5.11 Å². The number of amides is 2. The Kier molecular flexibility index (Phi) is 7.72. The molecule has 0 aromatic heterocycles. The summed E-state index contributed by atoms with van der Waals surface area (Å²) in [5.74, 6) is -0.113. The monoisotopic (exact) mass is 491 g/mol. The highest BCUT2D eigenvalue weighted by molar-refractivity contribution is 7.80. The highest BCUT2D eigenvalue weighted by Gasteiger charge is 2.43. The Morgan fingerprint density at radius 1 is 1.00 bits per heavy atom. The van der Waals surface area contributed by atoms with E-state index in [-0.39, 0.29) is 24.1 Å². The predicted octanol–water partition coefficient (Wildman–Crippen LogP) is 4.40. The Morgan fingerprint density at radius 3 is 2.34 bits per heavy atom. The number of nitrogens with zero attached hydrogens (tertiary/aromatic N) is 2. The van der Waals surface area contributed by atoms with Crippen molar-refractivity contribution in [3.63, 3.8) is 0 Å². The third kappa shape index (κ3) is 6.02. The first-order valence-corrected chi connectivity index (χ1v) is 11.7. The second-order valence-electron chi connectivity index (χ2n) is 8.26. The van der Waals surface area contributed by atoms with Gasteiger partial charge in [-0.2, -0.15) is 0 Å². The van der Waals surface area contributed by atoms with Gasteiger partial charge in [0.1, 0.15) is 17.6 Å². The van der Waals surface area contributed by atoms with E-state index in [4.69, 9.17) is 17.0 Å². The number of ether oxygens (including phenoxy) is 1. The van der Waals surface area contributed by atoms with E-state index in [0.717, 1.165) is 11.1 Å². The van der Waals surface area contributed by atoms with Gasteiger partial charge in [-0.3, -0.25) is 14.5 Å². The molecule has 0 spiro atoms. The lowest BCUT2D eigenvalue weighted by atomic mass is 10.1. The van der Waals surface area contributed by atoms with Crippen LogP contribution in [0, 0.1) is 5.82 Å². The number of rotatable bonds is 9. The molecule has 1 aliphatic heterocycles. The topological polar surface area (TPSA) is 61.9 Å². The van der Waals surface area contributed by atoms with Crippen LogP contribution >= 0.6 is 12.2 Å². The van der Waals surface area contributed by atoms with Crippen LogP contribution in [0.2, 0.25) is 0 Å². The van der Waals surface area contributed by atoms with Gasteiger partial charge in [0.05, 0.1) is 20.1 Å². The zero-order chi connectivity index (χ0) is 24.8. The lowest BCUT2D eigenvalue weighted by molar-refractivity contribution is -0.131. The zero-order valence-electron chi connectivity index (χ0n) is 19.3. The number of benzene rings is 3. The standard InChI is InChI=1S/C27H26FN3O3S/c1-34-23-13-11-22(12-14-23)29-25(32)17-24-26(33)31(18-20-5-3-2-4-6-20)27(35)30(24)16-15-19-7-9-21(28)10-8-19/h2-14,24H,15-18H2,1H3,(H,29,32)/t24-/m1/s1. The quantitative estimate of drug-likeness (QED) is 0.450. The molecule has 1 atom stereocenters. The maximum atomic E-state index is 13.4. The molecule has 0 unspecified atom stereocenters. The maximum Gasteiger partial charge on any atom is 0.252 e. The molecule has 1 N–H and O–H groups in total. The summed E-state index contributed by atoms with van der Waals surface area (Å²) in [5, 5.41) is 3.24. The minimum absolute atomic E-state index is 0.0420. The van der Waals surface area contributed by atoms with Gasteiger partial charge < -0.3 is 15.0 Å². The van der Waals surface area contributed by atoms with E-state index in [2.05, 4.69) is 5.32 Å². The summed E-state index contributed by atoms with van der Waals surface area (Å²) in [6.07, 6.45) is 0.517. The fourth-order valence-electron chi connectivity index (χ4n) is 4.02. The molecule has 0 radical (unpaired) electrons. The van der Waals surface area contributed by atoms with Crippen LogP contribution in [0.15, 0.2) is 78.9 Å². The van der Waals surface area contributed by atoms with Gasteiger partial charge in [0, 0.05) is 12.2 Å². The molecule has 3 aromatic carbocycles. The first-order chi connectivity index (χ1) is 16.9. The Labute approximate surface area is 209 Å². The van der Waals surface area contributed by atoms with E-state index < -0.39 is 6.04 Å². The third-order valence-electron chi connectivity index (χ3n) is 5.89. The Bertz CT molecular complexity index is 1190. The predicted molar refractivity (Wildman–Crippen MR) is 136 cm³/mol. The Balaban J connectivity index is 1.49. The van der Waals surface area contributed by atoms with Crippen LogP contribution in [0.4, 0.5) is 10.1 Å². The molecule has 35 heavy (non-hydrogen) atoms. The lowest BCUT2D eigenvalue weighted by Gasteiger charge is -2.24. The number of carbonyl (C=O) groups is 2. The van der Waals surface area contributed by atoms with Crippen molar-refractivity contribution >= 4 is 34.8 Å². The van der Waals surface area contributed by atoms with Crippen molar-refractivity contribution in [3.05, 3.63) is 95.8 Å². The van der Waals surface area contributed by atoms with Crippen LogP contribution < -0.4 is 10.1 Å². The first kappa shape index (κ1) is 24.3. The van der Waals surface area contributed by atoms with Crippen LogP contribution in [0.3, 0.4) is 0 Å². The van der Waals surface area contributed by atoms with Crippen LogP contribution in [-0.2, 0) is 22.6 Å². The molecule has 0 bridgehead atoms. The average molecular weight is 492 g/mol. The largest absolute Gasteiger partial charge is 0.497 e. The number of anilines is 1. The third-order valence-corrected chi connectivity index (χ3v) is 6.35. The van der Waals surface area contributed by atoms with Crippen molar-refractivity contribution in [2.75, 3.05) is 19.0 Å². The molecular formula is C27H26FN3O3S. The fourth-order valence-corrected chi connectivity index (χ4v) is 4.39. The fraction of sp³-hybridized carbons (Fsp3) is 0.222. The van der Waals surface area contributed by atoms with Gasteiger partial charge in [-0.05, 0) is 66.2 Å². The molecule has 1 fully saturated rings. The summed E-state index contributed by atoms with van der Waals surface area (Å²) in [7, 11) is 1.57. The minimum atomic E-state index is -0.718. The number of halogens is 1. The Hall–Kier alpha value is -3.78. The van der Waals surface area contributed by atoms with Gasteiger partial charge in [-0.15, -0.1) is 0 Å². The summed E-state index contributed by atoms with van der Waals surface area (Å²) < 4.78 is 18.4. The summed E-state index contributed by atoms with van der Waals surface area (Å²) >= 11 is 5.69. The highest BCUT2D eigenvalue weighted by Crippen LogP contribution is 2.24. The number of thiocarbonyl (C=S) groups is 1. The smallest absolute Gasteiger partial charge is 0.252 e. The van der Waals surface area contributed by atoms with Crippen molar-refractivity contribution < 1.29 is 18.7 Å². The van der Waals surface area contributed by atoms with E-state index in [1.807, 2.05) is 30.3 Å². The summed E-state index contributed by atoms with van der Waals surface area (Å²) in [6.45, 7) is 0.768. The highest BCUT2D eigenvalue weighted by atomic mass is 32.1. The number of carbonyl (C=O) groups excluding carboxylic acids is 2. The van der Waals surface area contributed by atoms with Crippen LogP contribution in [0.25, 0.3) is 0 Å². The summed E-state index contributed by atoms with van der Waals surface area (Å²) in [5.41, 5.74) is 2.48. The van der Waals surface area contributed by atoms with E-state index in [9.17, 15) is 14.0 Å². The average Bonchev–Trinajstić information content (AvgIpc) is 3.08. The zero-order valence-corrected chi connectivity index (χ0v) is 20.1. The normalized spacial score (nSPS) is 15.4. The second kappa shape index (κ2) is 11.1. The molecule has 180 valence electrons. The molecule has 2 amide bonds. The first-order valence-electron chi connectivity index (χ1n) is 11.3. The number of hydrogen-bond acceptors (Lipinski definition) is 4. The molecule has 8 heteroatoms. The van der Waals surface area contributed by atoms with Crippen molar-refractivity contribution in [1.29, 1.82) is 0 Å². The van der Waals surface area contributed by atoms with Crippen LogP contribution in [-0.4, -0.2) is 46.4 Å². The van der Waals surface area contributed by atoms with Gasteiger partial charge in [-0.25, -0.2) is 4.39 Å². The van der Waals surface area contributed by atoms with Crippen molar-refractivity contribution in [1.82, 2.24) is 9.80 Å². The number of hydrogen-bond donors (Lipinski definition) is 1. The van der Waals surface area contributed by atoms with Crippen molar-refractivity contribution in [2.45, 2.75) is 25.4 Å². The molecular weight excluding hydrogens is 465 g/mol. The molecule has 4 rings (SSSR count). The van der Waals surface area contributed by atoms with E-state index in [0.29, 0.717) is 36.1 Å². The van der Waals surface area contributed by atoms with E-state index >= 15 is 0 Å². The minimum Gasteiger partial charge on any atom is -0.497 e. The van der Waals surface area contributed by atoms with Gasteiger partial charge in [0.25, 0.3) is 5.91 Å². The summed E-state index contributed by atoms with van der Waals surface area (Å²) in [6, 6.07) is 22.1. The van der Waals surface area contributed by atoms with E-state index in [1.165, 1.54) is 12.1 Å². The molecule has 1 heterocycles. The van der Waals surface area contributed by atoms with Crippen LogP contribution in [0.1, 0.15) is 17.5 Å².